The molecule has 0 radical (unpaired) electrons. The van der Waals surface area contributed by atoms with Crippen molar-refractivity contribution in [2.24, 2.45) is 0 Å². The summed E-state index contributed by atoms with van der Waals surface area (Å²) in [6.07, 6.45) is 2.71. The van der Waals surface area contributed by atoms with Gasteiger partial charge < -0.3 is 10.0 Å². The van der Waals surface area contributed by atoms with Gasteiger partial charge in [0.25, 0.3) is 5.91 Å². The monoisotopic (exact) mass is 249 g/mol. The minimum atomic E-state index is 0.0801. The summed E-state index contributed by atoms with van der Waals surface area (Å²) in [5.41, 5.74) is 2.99. The van der Waals surface area contributed by atoms with Crippen LogP contribution in [0.25, 0.3) is 0 Å². The van der Waals surface area contributed by atoms with Crippen molar-refractivity contribution in [3.63, 3.8) is 0 Å². The normalized spacial score (nSPS) is 10.4. The van der Waals surface area contributed by atoms with Crippen LogP contribution >= 0.6 is 0 Å². The van der Waals surface area contributed by atoms with Crippen molar-refractivity contribution in [1.29, 1.82) is 0 Å². The summed E-state index contributed by atoms with van der Waals surface area (Å²) in [6, 6.07) is 5.91. The van der Waals surface area contributed by atoms with E-state index in [0.717, 1.165) is 36.9 Å². The Morgan fingerprint density at radius 1 is 1.22 bits per heavy atom. The summed E-state index contributed by atoms with van der Waals surface area (Å²) in [4.78, 5) is 14.0. The maximum Gasteiger partial charge on any atom is 0.253 e. The quantitative estimate of drug-likeness (QED) is 0.787. The van der Waals surface area contributed by atoms with Crippen molar-refractivity contribution in [2.75, 3.05) is 20.2 Å². The number of nitrogens with zero attached hydrogens (tertiary/aromatic N) is 1. The molecule has 1 amide bonds. The van der Waals surface area contributed by atoms with E-state index in [1.807, 2.05) is 39.1 Å². The average molecular weight is 249 g/mol. The van der Waals surface area contributed by atoms with Crippen LogP contribution < -0.4 is 0 Å². The fourth-order valence-electron chi connectivity index (χ4n) is 2.00. The predicted molar refractivity (Wildman–Crippen MR) is 73.8 cm³/mol. The third-order valence-electron chi connectivity index (χ3n) is 3.11. The van der Waals surface area contributed by atoms with Crippen molar-refractivity contribution in [3.8, 4) is 0 Å². The highest BCUT2D eigenvalue weighted by atomic mass is 16.2. The highest BCUT2D eigenvalue weighted by Crippen LogP contribution is 2.13. The van der Waals surface area contributed by atoms with Crippen LogP contribution in [-0.2, 0) is 0 Å². The standard InChI is InChI=1S/C15H23NO2/c1-12-7-8-14(13(2)11-12)15(18)16(3)9-5-4-6-10-17/h7-8,11,17H,4-6,9-10H2,1-3H3. The molecular formula is C15H23NO2. The molecule has 1 N–H and O–H groups in total. The van der Waals surface area contributed by atoms with E-state index in [9.17, 15) is 4.79 Å². The lowest BCUT2D eigenvalue weighted by Crippen LogP contribution is -2.28. The van der Waals surface area contributed by atoms with Crippen LogP contribution in [0.1, 0.15) is 40.7 Å². The number of benzene rings is 1. The number of hydrogen-bond donors (Lipinski definition) is 1. The number of aliphatic hydroxyl groups is 1. The minimum absolute atomic E-state index is 0.0801. The third kappa shape index (κ3) is 4.15. The number of unbranched alkanes of at least 4 members (excludes halogenated alkanes) is 2. The Hall–Kier alpha value is -1.35. The summed E-state index contributed by atoms with van der Waals surface area (Å²) >= 11 is 0. The molecule has 3 heteroatoms. The smallest absolute Gasteiger partial charge is 0.253 e. The number of hydrogen-bond acceptors (Lipinski definition) is 2. The molecule has 0 bridgehead atoms. The molecule has 0 aliphatic carbocycles. The molecule has 0 spiro atoms. The lowest BCUT2D eigenvalue weighted by molar-refractivity contribution is 0.0791. The number of rotatable bonds is 6. The number of amides is 1. The maximum absolute atomic E-state index is 12.2. The molecule has 0 aliphatic rings. The molecule has 0 unspecified atom stereocenters. The second-order valence-electron chi connectivity index (χ2n) is 4.83. The first kappa shape index (κ1) is 14.7. The molecule has 1 aromatic carbocycles. The number of carbonyl (C=O) groups is 1. The van der Waals surface area contributed by atoms with Gasteiger partial charge in [0.15, 0.2) is 0 Å². The van der Waals surface area contributed by atoms with E-state index in [4.69, 9.17) is 5.11 Å². The Bertz CT molecular complexity index is 401. The van der Waals surface area contributed by atoms with Gasteiger partial charge in [-0.1, -0.05) is 17.7 Å². The lowest BCUT2D eigenvalue weighted by atomic mass is 10.0. The highest BCUT2D eigenvalue weighted by Gasteiger charge is 2.13. The van der Waals surface area contributed by atoms with Gasteiger partial charge in [-0.3, -0.25) is 4.79 Å². The van der Waals surface area contributed by atoms with Crippen molar-refractivity contribution in [2.45, 2.75) is 33.1 Å². The maximum atomic E-state index is 12.2. The Balaban J connectivity index is 2.57. The van der Waals surface area contributed by atoms with Crippen LogP contribution in [0.2, 0.25) is 0 Å². The van der Waals surface area contributed by atoms with Gasteiger partial charge in [-0.15, -0.1) is 0 Å². The van der Waals surface area contributed by atoms with Crippen LogP contribution in [0.15, 0.2) is 18.2 Å². The van der Waals surface area contributed by atoms with Crippen molar-refractivity contribution < 1.29 is 9.90 Å². The third-order valence-corrected chi connectivity index (χ3v) is 3.11. The summed E-state index contributed by atoms with van der Waals surface area (Å²) < 4.78 is 0. The van der Waals surface area contributed by atoms with Crippen molar-refractivity contribution in [1.82, 2.24) is 4.90 Å². The first-order valence-electron chi connectivity index (χ1n) is 6.50. The molecular weight excluding hydrogens is 226 g/mol. The fraction of sp³-hybridized carbons (Fsp3) is 0.533. The van der Waals surface area contributed by atoms with Gasteiger partial charge in [0.2, 0.25) is 0 Å². The van der Waals surface area contributed by atoms with Crippen molar-refractivity contribution >= 4 is 5.91 Å². The van der Waals surface area contributed by atoms with E-state index in [1.54, 1.807) is 4.90 Å². The summed E-state index contributed by atoms with van der Waals surface area (Å²) in [7, 11) is 1.83. The lowest BCUT2D eigenvalue weighted by Gasteiger charge is -2.18. The molecule has 3 nitrogen and oxygen atoms in total. The van der Waals surface area contributed by atoms with E-state index in [2.05, 4.69) is 0 Å². The molecule has 0 fully saturated rings. The van der Waals surface area contributed by atoms with Gasteiger partial charge in [0.05, 0.1) is 0 Å². The number of aliphatic hydroxyl groups excluding tert-OH is 1. The van der Waals surface area contributed by atoms with Crippen LogP contribution in [-0.4, -0.2) is 36.1 Å². The van der Waals surface area contributed by atoms with Crippen molar-refractivity contribution in [3.05, 3.63) is 34.9 Å². The van der Waals surface area contributed by atoms with E-state index in [-0.39, 0.29) is 12.5 Å². The van der Waals surface area contributed by atoms with Gasteiger partial charge in [-0.05, 0) is 44.7 Å². The first-order chi connectivity index (χ1) is 8.56. The Labute approximate surface area is 109 Å². The molecule has 0 aliphatic heterocycles. The first-order valence-corrected chi connectivity index (χ1v) is 6.50. The van der Waals surface area contributed by atoms with Crippen LogP contribution in [0.3, 0.4) is 0 Å². The van der Waals surface area contributed by atoms with E-state index in [1.165, 1.54) is 5.56 Å². The molecule has 0 aromatic heterocycles. The second kappa shape index (κ2) is 7.17. The molecule has 100 valence electrons. The predicted octanol–water partition coefficient (Wildman–Crippen LogP) is 2.54. The van der Waals surface area contributed by atoms with E-state index in [0.29, 0.717) is 0 Å². The van der Waals surface area contributed by atoms with Gasteiger partial charge in [-0.2, -0.15) is 0 Å². The summed E-state index contributed by atoms with van der Waals surface area (Å²) in [5, 5.41) is 8.70. The molecule has 0 atom stereocenters. The summed E-state index contributed by atoms with van der Waals surface area (Å²) in [6.45, 7) is 4.97. The second-order valence-corrected chi connectivity index (χ2v) is 4.83. The van der Waals surface area contributed by atoms with Crippen LogP contribution in [0.5, 0.6) is 0 Å². The average Bonchev–Trinajstić information content (AvgIpc) is 2.33. The SMILES string of the molecule is Cc1ccc(C(=O)N(C)CCCCCO)c(C)c1. The van der Waals surface area contributed by atoms with Gasteiger partial charge in [0, 0.05) is 25.8 Å². The van der Waals surface area contributed by atoms with Gasteiger partial charge in [-0.25, -0.2) is 0 Å². The molecule has 1 aromatic rings. The molecule has 18 heavy (non-hydrogen) atoms. The highest BCUT2D eigenvalue weighted by molar-refractivity contribution is 5.95. The largest absolute Gasteiger partial charge is 0.396 e. The molecule has 0 heterocycles. The fourth-order valence-corrected chi connectivity index (χ4v) is 2.00. The molecule has 0 saturated carbocycles. The zero-order chi connectivity index (χ0) is 13.5. The number of aryl methyl sites for hydroxylation is 2. The Morgan fingerprint density at radius 3 is 2.56 bits per heavy atom. The zero-order valence-electron chi connectivity index (χ0n) is 11.6. The van der Waals surface area contributed by atoms with E-state index >= 15 is 0 Å². The summed E-state index contributed by atoms with van der Waals surface area (Å²) in [5.74, 6) is 0.0801. The molecule has 1 rings (SSSR count). The zero-order valence-corrected chi connectivity index (χ0v) is 11.6. The van der Waals surface area contributed by atoms with Crippen LogP contribution in [0, 0.1) is 13.8 Å². The minimum Gasteiger partial charge on any atom is -0.396 e. The number of carbonyl (C=O) groups excluding carboxylic acids is 1. The topological polar surface area (TPSA) is 40.5 Å². The van der Waals surface area contributed by atoms with E-state index < -0.39 is 0 Å². The Morgan fingerprint density at radius 2 is 1.94 bits per heavy atom. The van der Waals surface area contributed by atoms with Gasteiger partial charge in [0.1, 0.15) is 0 Å². The van der Waals surface area contributed by atoms with Crippen LogP contribution in [0.4, 0.5) is 0 Å². The molecule has 0 saturated heterocycles. The van der Waals surface area contributed by atoms with Gasteiger partial charge >= 0.3 is 0 Å². The Kier molecular flexibility index (Phi) is 5.86.